The molecule has 0 saturated heterocycles. The molecule has 142 valence electrons. The van der Waals surface area contributed by atoms with Crippen LogP contribution in [0.4, 0.5) is 0 Å². The van der Waals surface area contributed by atoms with Crippen molar-refractivity contribution in [1.82, 2.24) is 9.46 Å². The van der Waals surface area contributed by atoms with Crippen LogP contribution >= 0.6 is 0 Å². The molecule has 1 saturated carbocycles. The number of aromatic nitrogens is 1. The van der Waals surface area contributed by atoms with Crippen molar-refractivity contribution in [1.29, 1.82) is 0 Å². The summed E-state index contributed by atoms with van der Waals surface area (Å²) in [5.74, 6) is 0.708. The molecular formula is C20H28N2O3S. The lowest BCUT2D eigenvalue weighted by Crippen LogP contribution is -2.38. The molecule has 0 spiro atoms. The Morgan fingerprint density at radius 2 is 1.85 bits per heavy atom. The lowest BCUT2D eigenvalue weighted by Gasteiger charge is -2.31. The standard InChI is InChI=1S/C20H28N2O3S/c1-14(2)18-11-10-16(19-12-15(3)21-25-19)13-20(18)26(23,24)22(4)17-8-6-5-7-9-17/h10-14,17H,5-9H2,1-4H3. The van der Waals surface area contributed by atoms with Gasteiger partial charge in [0, 0.05) is 24.7 Å². The normalized spacial score (nSPS) is 16.5. The largest absolute Gasteiger partial charge is 0.356 e. The molecule has 5 nitrogen and oxygen atoms in total. The van der Waals surface area contributed by atoms with Crippen LogP contribution in [-0.2, 0) is 10.0 Å². The summed E-state index contributed by atoms with van der Waals surface area (Å²) in [7, 11) is -1.84. The lowest BCUT2D eigenvalue weighted by molar-refractivity contribution is 0.285. The number of benzene rings is 1. The zero-order valence-electron chi connectivity index (χ0n) is 16.0. The van der Waals surface area contributed by atoms with Gasteiger partial charge in [-0.3, -0.25) is 0 Å². The van der Waals surface area contributed by atoms with Crippen LogP contribution in [0.15, 0.2) is 33.7 Å². The molecule has 0 radical (unpaired) electrons. The Hall–Kier alpha value is -1.66. The van der Waals surface area contributed by atoms with Crippen molar-refractivity contribution in [2.24, 2.45) is 0 Å². The zero-order chi connectivity index (χ0) is 18.9. The number of aryl methyl sites for hydroxylation is 1. The highest BCUT2D eigenvalue weighted by molar-refractivity contribution is 7.89. The first-order valence-corrected chi connectivity index (χ1v) is 10.8. The Morgan fingerprint density at radius 3 is 2.42 bits per heavy atom. The Bertz CT molecular complexity index is 865. The van der Waals surface area contributed by atoms with Gasteiger partial charge >= 0.3 is 0 Å². The van der Waals surface area contributed by atoms with E-state index in [0.29, 0.717) is 10.7 Å². The van der Waals surface area contributed by atoms with Gasteiger partial charge in [-0.1, -0.05) is 50.4 Å². The van der Waals surface area contributed by atoms with E-state index >= 15 is 0 Å². The SMILES string of the molecule is Cc1cc(-c2ccc(C(C)C)c(S(=O)(=O)N(C)C3CCCCC3)c2)on1. The van der Waals surface area contributed by atoms with Gasteiger partial charge in [-0.05, 0) is 37.3 Å². The second-order valence-corrected chi connectivity index (χ2v) is 9.52. The Labute approximate surface area is 156 Å². The van der Waals surface area contributed by atoms with Crippen LogP contribution in [-0.4, -0.2) is 31.0 Å². The molecule has 1 aliphatic rings. The minimum Gasteiger partial charge on any atom is -0.356 e. The van der Waals surface area contributed by atoms with Gasteiger partial charge in [-0.25, -0.2) is 8.42 Å². The molecule has 1 aromatic carbocycles. The van der Waals surface area contributed by atoms with Crippen molar-refractivity contribution >= 4 is 10.0 Å². The van der Waals surface area contributed by atoms with Gasteiger partial charge in [0.05, 0.1) is 10.6 Å². The third-order valence-corrected chi connectivity index (χ3v) is 7.26. The first-order valence-electron chi connectivity index (χ1n) is 9.36. The molecule has 1 fully saturated rings. The molecule has 0 bridgehead atoms. The number of hydrogen-bond donors (Lipinski definition) is 0. The summed E-state index contributed by atoms with van der Waals surface area (Å²) < 4.78 is 33.8. The van der Waals surface area contributed by atoms with E-state index < -0.39 is 10.0 Å². The van der Waals surface area contributed by atoms with Gasteiger partial charge in [-0.15, -0.1) is 0 Å². The van der Waals surface area contributed by atoms with E-state index in [1.807, 2.05) is 39.0 Å². The molecule has 1 aliphatic carbocycles. The topological polar surface area (TPSA) is 63.4 Å². The van der Waals surface area contributed by atoms with E-state index in [4.69, 9.17) is 4.52 Å². The van der Waals surface area contributed by atoms with Crippen LogP contribution < -0.4 is 0 Å². The fraction of sp³-hybridized carbons (Fsp3) is 0.550. The number of nitrogens with zero attached hydrogens (tertiary/aromatic N) is 2. The summed E-state index contributed by atoms with van der Waals surface area (Å²) in [5.41, 5.74) is 2.36. The molecule has 0 unspecified atom stereocenters. The maximum atomic E-state index is 13.4. The van der Waals surface area contributed by atoms with E-state index in [0.717, 1.165) is 42.5 Å². The summed E-state index contributed by atoms with van der Waals surface area (Å²) in [4.78, 5) is 0.382. The molecule has 2 aromatic rings. The van der Waals surface area contributed by atoms with E-state index in [1.54, 1.807) is 17.4 Å². The maximum Gasteiger partial charge on any atom is 0.243 e. The van der Waals surface area contributed by atoms with Crippen molar-refractivity contribution < 1.29 is 12.9 Å². The van der Waals surface area contributed by atoms with Crippen LogP contribution in [0.2, 0.25) is 0 Å². The molecule has 0 amide bonds. The third-order valence-electron chi connectivity index (χ3n) is 5.29. The molecule has 1 heterocycles. The summed E-state index contributed by atoms with van der Waals surface area (Å²) in [6.45, 7) is 5.89. The van der Waals surface area contributed by atoms with Crippen LogP contribution in [0.25, 0.3) is 11.3 Å². The minimum absolute atomic E-state index is 0.0879. The molecular weight excluding hydrogens is 348 g/mol. The van der Waals surface area contributed by atoms with E-state index in [9.17, 15) is 8.42 Å². The van der Waals surface area contributed by atoms with Gasteiger partial charge in [0.2, 0.25) is 10.0 Å². The van der Waals surface area contributed by atoms with E-state index in [2.05, 4.69) is 5.16 Å². The third kappa shape index (κ3) is 3.71. The zero-order valence-corrected chi connectivity index (χ0v) is 16.8. The second kappa shape index (κ2) is 7.53. The predicted octanol–water partition coefficient (Wildman–Crippen LogP) is 4.73. The Balaban J connectivity index is 2.05. The first kappa shape index (κ1) is 19.1. The predicted molar refractivity (Wildman–Crippen MR) is 103 cm³/mol. The van der Waals surface area contributed by atoms with Crippen molar-refractivity contribution in [2.45, 2.75) is 69.7 Å². The Morgan fingerprint density at radius 1 is 1.15 bits per heavy atom. The average molecular weight is 377 g/mol. The highest BCUT2D eigenvalue weighted by Crippen LogP contribution is 2.33. The summed E-state index contributed by atoms with van der Waals surface area (Å²) in [6, 6.07) is 7.47. The van der Waals surface area contributed by atoms with Gasteiger partial charge in [0.1, 0.15) is 0 Å². The smallest absolute Gasteiger partial charge is 0.243 e. The molecule has 0 N–H and O–H groups in total. The van der Waals surface area contributed by atoms with Gasteiger partial charge in [0.25, 0.3) is 0 Å². The molecule has 1 aromatic heterocycles. The van der Waals surface area contributed by atoms with Crippen molar-refractivity contribution in [3.05, 3.63) is 35.5 Å². The molecule has 0 atom stereocenters. The first-order chi connectivity index (χ1) is 12.3. The minimum atomic E-state index is -3.57. The fourth-order valence-electron chi connectivity index (χ4n) is 3.68. The fourth-order valence-corrected chi connectivity index (χ4v) is 5.47. The van der Waals surface area contributed by atoms with Crippen molar-refractivity contribution in [3.8, 4) is 11.3 Å². The number of rotatable bonds is 5. The maximum absolute atomic E-state index is 13.4. The second-order valence-electron chi connectivity index (χ2n) is 7.55. The van der Waals surface area contributed by atoms with Crippen LogP contribution in [0.5, 0.6) is 0 Å². The average Bonchev–Trinajstić information content (AvgIpc) is 3.07. The molecule has 26 heavy (non-hydrogen) atoms. The van der Waals surface area contributed by atoms with E-state index in [1.165, 1.54) is 6.42 Å². The Kier molecular flexibility index (Phi) is 5.53. The highest BCUT2D eigenvalue weighted by atomic mass is 32.2. The lowest BCUT2D eigenvalue weighted by atomic mass is 9.96. The van der Waals surface area contributed by atoms with Gasteiger partial charge in [-0.2, -0.15) is 4.31 Å². The highest BCUT2D eigenvalue weighted by Gasteiger charge is 2.31. The summed E-state index contributed by atoms with van der Waals surface area (Å²) >= 11 is 0. The molecule has 6 heteroatoms. The number of sulfonamides is 1. The van der Waals surface area contributed by atoms with Crippen LogP contribution in [0, 0.1) is 6.92 Å². The van der Waals surface area contributed by atoms with Gasteiger partial charge < -0.3 is 4.52 Å². The summed E-state index contributed by atoms with van der Waals surface area (Å²) in [6.07, 6.45) is 5.27. The van der Waals surface area contributed by atoms with Crippen molar-refractivity contribution in [2.75, 3.05) is 7.05 Å². The monoisotopic (exact) mass is 376 g/mol. The van der Waals surface area contributed by atoms with Crippen molar-refractivity contribution in [3.63, 3.8) is 0 Å². The van der Waals surface area contributed by atoms with Crippen LogP contribution in [0.3, 0.4) is 0 Å². The van der Waals surface area contributed by atoms with Crippen LogP contribution in [0.1, 0.15) is 63.1 Å². The molecule has 0 aliphatic heterocycles. The molecule has 3 rings (SSSR count). The number of hydrogen-bond acceptors (Lipinski definition) is 4. The summed E-state index contributed by atoms with van der Waals surface area (Å²) in [5, 5.41) is 3.92. The van der Waals surface area contributed by atoms with E-state index in [-0.39, 0.29) is 12.0 Å². The van der Waals surface area contributed by atoms with Gasteiger partial charge in [0.15, 0.2) is 5.76 Å². The quantitative estimate of drug-likeness (QED) is 0.757.